The first-order valence-electron chi connectivity index (χ1n) is 7.18. The number of hydrogen-bond acceptors (Lipinski definition) is 9. The lowest BCUT2D eigenvalue weighted by Gasteiger charge is -2.44. The van der Waals surface area contributed by atoms with Crippen LogP contribution in [0.2, 0.25) is 10.0 Å². The predicted molar refractivity (Wildman–Crippen MR) is 90.4 cm³/mol. The van der Waals surface area contributed by atoms with Gasteiger partial charge in [-0.15, -0.1) is 0 Å². The van der Waals surface area contributed by atoms with Gasteiger partial charge in [0.25, 0.3) is 5.79 Å². The summed E-state index contributed by atoms with van der Waals surface area (Å²) in [6.45, 7) is 0. The first-order chi connectivity index (χ1) is 12.5. The van der Waals surface area contributed by atoms with Gasteiger partial charge < -0.3 is 40.1 Å². The molecule has 6 N–H and O–H groups in total. The van der Waals surface area contributed by atoms with Crippen molar-refractivity contribution in [2.45, 2.75) is 11.6 Å². The van der Waals surface area contributed by atoms with E-state index in [4.69, 9.17) is 32.7 Å². The fourth-order valence-corrected chi connectivity index (χ4v) is 3.24. The van der Waals surface area contributed by atoms with Crippen LogP contribution in [0.3, 0.4) is 0 Å². The van der Waals surface area contributed by atoms with Crippen LogP contribution in [0.1, 0.15) is 15.9 Å². The standard InChI is InChI=1S/C16H12Cl2O9/c1-26-16(5-2-3-6(19)7(20)4-5)15(24,25)14(23)8-11(21)9(17)12(22)10(18)13(8)27-16/h2-4,19-22,24-25H,1H3. The molecule has 1 atom stereocenters. The molecule has 0 radical (unpaired) electrons. The quantitative estimate of drug-likeness (QED) is 0.314. The number of carbonyl (C=O) groups is 1. The molecule has 2 aromatic carbocycles. The number of hydrogen-bond donors (Lipinski definition) is 6. The number of aromatic hydroxyl groups is 4. The van der Waals surface area contributed by atoms with Crippen molar-refractivity contribution in [3.63, 3.8) is 0 Å². The van der Waals surface area contributed by atoms with Crippen LogP contribution in [-0.2, 0) is 10.5 Å². The molecule has 3 rings (SSSR count). The van der Waals surface area contributed by atoms with Gasteiger partial charge in [0.1, 0.15) is 15.6 Å². The van der Waals surface area contributed by atoms with Crippen molar-refractivity contribution < 1.29 is 44.9 Å². The first kappa shape index (κ1) is 19.3. The number of aliphatic hydroxyl groups is 2. The van der Waals surface area contributed by atoms with E-state index in [1.54, 1.807) is 0 Å². The second-order valence-corrected chi connectivity index (χ2v) is 6.41. The number of methoxy groups -OCH3 is 1. The average Bonchev–Trinajstić information content (AvgIpc) is 2.63. The Kier molecular flexibility index (Phi) is 4.33. The average molecular weight is 419 g/mol. The van der Waals surface area contributed by atoms with E-state index in [0.29, 0.717) is 0 Å². The van der Waals surface area contributed by atoms with Gasteiger partial charge in [-0.2, -0.15) is 0 Å². The number of rotatable bonds is 2. The van der Waals surface area contributed by atoms with Crippen molar-refractivity contribution in [3.8, 4) is 28.7 Å². The maximum Gasteiger partial charge on any atom is 0.301 e. The third kappa shape index (κ3) is 2.40. The molecule has 0 spiro atoms. The predicted octanol–water partition coefficient (Wildman–Crippen LogP) is 1.57. The molecule has 27 heavy (non-hydrogen) atoms. The van der Waals surface area contributed by atoms with Crippen LogP contribution in [0, 0.1) is 0 Å². The number of Topliss-reactive ketones (excluding diaryl/α,β-unsaturated/α-hetero) is 1. The molecular formula is C16H12Cl2O9. The van der Waals surface area contributed by atoms with Gasteiger partial charge in [-0.05, 0) is 18.2 Å². The zero-order valence-electron chi connectivity index (χ0n) is 13.4. The van der Waals surface area contributed by atoms with E-state index in [1.807, 2.05) is 0 Å². The summed E-state index contributed by atoms with van der Waals surface area (Å²) in [7, 11) is 0.965. The van der Waals surface area contributed by atoms with Crippen LogP contribution in [0.4, 0.5) is 0 Å². The molecule has 0 aromatic heterocycles. The number of fused-ring (bicyclic) bond motifs is 1. The number of benzene rings is 2. The maximum absolute atomic E-state index is 12.7. The molecule has 11 heteroatoms. The van der Waals surface area contributed by atoms with E-state index in [-0.39, 0.29) is 5.56 Å². The Bertz CT molecular complexity index is 973. The number of halogens is 2. The summed E-state index contributed by atoms with van der Waals surface area (Å²) in [6.07, 6.45) is 0. The zero-order chi connectivity index (χ0) is 20.3. The second-order valence-electron chi connectivity index (χ2n) is 5.66. The molecule has 0 bridgehead atoms. The summed E-state index contributed by atoms with van der Waals surface area (Å²) in [6, 6.07) is 2.94. The van der Waals surface area contributed by atoms with Crippen LogP contribution in [0.5, 0.6) is 28.7 Å². The summed E-state index contributed by atoms with van der Waals surface area (Å²) in [4.78, 5) is 12.7. The number of phenols is 4. The highest BCUT2D eigenvalue weighted by Gasteiger charge is 2.64. The van der Waals surface area contributed by atoms with E-state index < -0.39 is 61.7 Å². The van der Waals surface area contributed by atoms with Gasteiger partial charge in [0, 0.05) is 12.7 Å². The summed E-state index contributed by atoms with van der Waals surface area (Å²) >= 11 is 11.6. The molecule has 0 fully saturated rings. The van der Waals surface area contributed by atoms with E-state index in [1.165, 1.54) is 0 Å². The minimum Gasteiger partial charge on any atom is -0.505 e. The summed E-state index contributed by atoms with van der Waals surface area (Å²) < 4.78 is 10.5. The van der Waals surface area contributed by atoms with Crippen LogP contribution in [0.25, 0.3) is 0 Å². The number of ether oxygens (including phenoxy) is 2. The molecule has 1 aliphatic rings. The topological polar surface area (TPSA) is 157 Å². The van der Waals surface area contributed by atoms with Crippen LogP contribution < -0.4 is 4.74 Å². The van der Waals surface area contributed by atoms with Crippen molar-refractivity contribution in [3.05, 3.63) is 39.4 Å². The van der Waals surface area contributed by atoms with Crippen molar-refractivity contribution in [1.82, 2.24) is 0 Å². The molecule has 9 nitrogen and oxygen atoms in total. The highest BCUT2D eigenvalue weighted by molar-refractivity contribution is 6.40. The Morgan fingerprint density at radius 1 is 1.00 bits per heavy atom. The fourth-order valence-electron chi connectivity index (χ4n) is 2.78. The van der Waals surface area contributed by atoms with E-state index in [9.17, 15) is 35.4 Å². The van der Waals surface area contributed by atoms with Crippen molar-refractivity contribution in [2.24, 2.45) is 0 Å². The molecule has 144 valence electrons. The summed E-state index contributed by atoms with van der Waals surface area (Å²) in [5.41, 5.74) is -1.09. The highest BCUT2D eigenvalue weighted by Crippen LogP contribution is 2.55. The van der Waals surface area contributed by atoms with Crippen LogP contribution in [-0.4, -0.2) is 49.3 Å². The second kappa shape index (κ2) is 6.04. The Morgan fingerprint density at radius 3 is 2.19 bits per heavy atom. The zero-order valence-corrected chi connectivity index (χ0v) is 14.9. The number of ketones is 1. The molecule has 1 unspecified atom stereocenters. The lowest BCUT2D eigenvalue weighted by atomic mass is 9.86. The molecule has 2 aromatic rings. The SMILES string of the molecule is COC1(c2ccc(O)c(O)c2)Oc2c(Cl)c(O)c(Cl)c(O)c2C(=O)C1(O)O. The smallest absolute Gasteiger partial charge is 0.301 e. The Hall–Kier alpha value is -2.43. The van der Waals surface area contributed by atoms with Crippen molar-refractivity contribution in [2.75, 3.05) is 7.11 Å². The number of phenolic OH excluding ortho intramolecular Hbond substituents is 4. The van der Waals surface area contributed by atoms with Gasteiger partial charge >= 0.3 is 5.79 Å². The van der Waals surface area contributed by atoms with Gasteiger partial charge in [0.15, 0.2) is 28.7 Å². The van der Waals surface area contributed by atoms with E-state index >= 15 is 0 Å². The minimum absolute atomic E-state index is 0.297. The molecule has 0 saturated heterocycles. The fraction of sp³-hybridized carbons (Fsp3) is 0.188. The van der Waals surface area contributed by atoms with E-state index in [0.717, 1.165) is 25.3 Å². The van der Waals surface area contributed by atoms with E-state index in [2.05, 4.69) is 0 Å². The van der Waals surface area contributed by atoms with Crippen LogP contribution in [0.15, 0.2) is 18.2 Å². The molecule has 1 heterocycles. The van der Waals surface area contributed by atoms with Gasteiger partial charge in [-0.3, -0.25) is 4.79 Å². The van der Waals surface area contributed by atoms with Gasteiger partial charge in [-0.25, -0.2) is 0 Å². The Balaban J connectivity index is 2.37. The molecule has 0 saturated carbocycles. The third-order valence-corrected chi connectivity index (χ3v) is 4.89. The monoisotopic (exact) mass is 418 g/mol. The third-order valence-electron chi connectivity index (χ3n) is 4.18. The van der Waals surface area contributed by atoms with Gasteiger partial charge in [-0.1, -0.05) is 23.2 Å². The summed E-state index contributed by atoms with van der Waals surface area (Å²) in [5, 5.41) is 58.9. The lowest BCUT2D eigenvalue weighted by Crippen LogP contribution is -2.63. The maximum atomic E-state index is 12.7. The van der Waals surface area contributed by atoms with Crippen molar-refractivity contribution >= 4 is 29.0 Å². The minimum atomic E-state index is -3.43. The van der Waals surface area contributed by atoms with Crippen molar-refractivity contribution in [1.29, 1.82) is 0 Å². The molecule has 1 aliphatic heterocycles. The lowest BCUT2D eigenvalue weighted by molar-refractivity contribution is -0.338. The van der Waals surface area contributed by atoms with Crippen LogP contribution >= 0.6 is 23.2 Å². The summed E-state index contributed by atoms with van der Waals surface area (Å²) in [5.74, 6) is -11.2. The molecule has 0 aliphatic carbocycles. The Labute approximate surface area is 161 Å². The largest absolute Gasteiger partial charge is 0.505 e. The first-order valence-corrected chi connectivity index (χ1v) is 7.94. The molecular weight excluding hydrogens is 407 g/mol. The normalized spacial score (nSPS) is 20.9. The number of carbonyl (C=O) groups excluding carboxylic acids is 1. The van der Waals surface area contributed by atoms with Gasteiger partial charge in [0.2, 0.25) is 5.78 Å². The van der Waals surface area contributed by atoms with Gasteiger partial charge in [0.05, 0.1) is 0 Å². The molecule has 0 amide bonds. The Morgan fingerprint density at radius 2 is 1.63 bits per heavy atom. The highest BCUT2D eigenvalue weighted by atomic mass is 35.5.